The zero-order valence-corrected chi connectivity index (χ0v) is 18.4. The van der Waals surface area contributed by atoms with Crippen LogP contribution >= 0.6 is 0 Å². The lowest BCUT2D eigenvalue weighted by Gasteiger charge is -2.26. The highest BCUT2D eigenvalue weighted by molar-refractivity contribution is 5.50. The van der Waals surface area contributed by atoms with Crippen LogP contribution in [-0.4, -0.2) is 53.8 Å². The Morgan fingerprint density at radius 3 is 2.70 bits per heavy atom. The molecule has 0 saturated carbocycles. The highest BCUT2D eigenvalue weighted by Crippen LogP contribution is 2.20. The Hall–Kier alpha value is -3.30. The summed E-state index contributed by atoms with van der Waals surface area (Å²) < 4.78 is 40.5. The molecule has 33 heavy (non-hydrogen) atoms. The molecule has 1 aromatic heterocycles. The van der Waals surface area contributed by atoms with Gasteiger partial charge in [0.1, 0.15) is 24.0 Å². The van der Waals surface area contributed by atoms with Crippen LogP contribution in [0.5, 0.6) is 5.75 Å². The first-order valence-electron chi connectivity index (χ1n) is 10.8. The van der Waals surface area contributed by atoms with E-state index in [0.717, 1.165) is 19.6 Å². The van der Waals surface area contributed by atoms with Crippen molar-refractivity contribution in [1.82, 2.24) is 14.5 Å². The molecule has 9 heteroatoms. The largest absolute Gasteiger partial charge is 0.486 e. The number of aryl methyl sites for hydroxylation is 1. The van der Waals surface area contributed by atoms with Gasteiger partial charge in [-0.15, -0.1) is 0 Å². The number of rotatable bonds is 8. The van der Waals surface area contributed by atoms with Crippen LogP contribution in [-0.2, 0) is 11.3 Å². The Bertz CT molecular complexity index is 1160. The average Bonchev–Trinajstić information content (AvgIpc) is 2.79. The smallest absolute Gasteiger partial charge is 0.258 e. The zero-order chi connectivity index (χ0) is 23.2. The molecule has 4 rings (SSSR count). The highest BCUT2D eigenvalue weighted by atomic mass is 19.1. The SMILES string of the molecule is Cc1cc(=O)n(-c2ccc(NCCN3CCOCC3)c(F)c2)c(COc2cccc(F)c2)n1. The molecule has 0 radical (unpaired) electrons. The van der Waals surface area contributed by atoms with Crippen molar-refractivity contribution in [2.24, 2.45) is 0 Å². The van der Waals surface area contributed by atoms with E-state index in [1.165, 1.54) is 34.9 Å². The van der Waals surface area contributed by atoms with Crippen molar-refractivity contribution >= 4 is 5.69 Å². The Balaban J connectivity index is 1.50. The number of halogens is 2. The van der Waals surface area contributed by atoms with Gasteiger partial charge in [-0.3, -0.25) is 14.3 Å². The first-order valence-corrected chi connectivity index (χ1v) is 10.8. The minimum absolute atomic E-state index is 0.0818. The van der Waals surface area contributed by atoms with Gasteiger partial charge in [-0.2, -0.15) is 0 Å². The van der Waals surface area contributed by atoms with Gasteiger partial charge in [0.05, 0.1) is 24.6 Å². The molecular formula is C24H26F2N4O3. The molecule has 1 saturated heterocycles. The van der Waals surface area contributed by atoms with Gasteiger partial charge in [0, 0.05) is 50.1 Å². The second-order valence-electron chi connectivity index (χ2n) is 7.78. The number of morpholine rings is 1. The lowest BCUT2D eigenvalue weighted by Crippen LogP contribution is -2.39. The summed E-state index contributed by atoms with van der Waals surface area (Å²) in [4.78, 5) is 19.4. The van der Waals surface area contributed by atoms with Crippen LogP contribution in [0.3, 0.4) is 0 Å². The molecule has 1 aliphatic heterocycles. The van der Waals surface area contributed by atoms with E-state index in [0.29, 0.717) is 42.6 Å². The van der Waals surface area contributed by atoms with E-state index < -0.39 is 11.6 Å². The lowest BCUT2D eigenvalue weighted by molar-refractivity contribution is 0.0398. The number of ether oxygens (including phenoxy) is 2. The maximum atomic E-state index is 14.8. The van der Waals surface area contributed by atoms with Crippen LogP contribution in [0.4, 0.5) is 14.5 Å². The fourth-order valence-corrected chi connectivity index (χ4v) is 3.69. The van der Waals surface area contributed by atoms with Crippen molar-refractivity contribution in [3.8, 4) is 11.4 Å². The van der Waals surface area contributed by atoms with Gasteiger partial charge < -0.3 is 14.8 Å². The molecule has 0 spiro atoms. The molecule has 1 N–H and O–H groups in total. The number of aromatic nitrogens is 2. The van der Waals surface area contributed by atoms with Gasteiger partial charge >= 0.3 is 0 Å². The molecule has 174 valence electrons. The third-order valence-electron chi connectivity index (χ3n) is 5.34. The Morgan fingerprint density at radius 1 is 1.12 bits per heavy atom. The summed E-state index contributed by atoms with van der Waals surface area (Å²) in [7, 11) is 0. The highest BCUT2D eigenvalue weighted by Gasteiger charge is 2.14. The van der Waals surface area contributed by atoms with Crippen LogP contribution in [0, 0.1) is 18.6 Å². The second-order valence-corrected chi connectivity index (χ2v) is 7.78. The van der Waals surface area contributed by atoms with Crippen LogP contribution in [0.1, 0.15) is 11.5 Å². The lowest BCUT2D eigenvalue weighted by atomic mass is 10.2. The van der Waals surface area contributed by atoms with E-state index in [4.69, 9.17) is 9.47 Å². The minimum Gasteiger partial charge on any atom is -0.486 e. The Labute approximate surface area is 190 Å². The molecular weight excluding hydrogens is 430 g/mol. The molecule has 0 amide bonds. The normalized spacial score (nSPS) is 14.3. The molecule has 7 nitrogen and oxygen atoms in total. The molecule has 3 aromatic rings. The van der Waals surface area contributed by atoms with Crippen LogP contribution in [0.15, 0.2) is 53.3 Å². The molecule has 0 bridgehead atoms. The van der Waals surface area contributed by atoms with Crippen LogP contribution in [0.2, 0.25) is 0 Å². The number of hydrogen-bond acceptors (Lipinski definition) is 6. The van der Waals surface area contributed by atoms with Crippen molar-refractivity contribution in [2.75, 3.05) is 44.7 Å². The van der Waals surface area contributed by atoms with Gasteiger partial charge in [0.2, 0.25) is 0 Å². The van der Waals surface area contributed by atoms with Gasteiger partial charge in [0.25, 0.3) is 5.56 Å². The van der Waals surface area contributed by atoms with Crippen LogP contribution in [0.25, 0.3) is 5.69 Å². The summed E-state index contributed by atoms with van der Waals surface area (Å²) in [6.07, 6.45) is 0. The summed E-state index contributed by atoms with van der Waals surface area (Å²) in [6, 6.07) is 11.6. The zero-order valence-electron chi connectivity index (χ0n) is 18.4. The predicted octanol–water partition coefficient (Wildman–Crippen LogP) is 3.14. The summed E-state index contributed by atoms with van der Waals surface area (Å²) in [5, 5.41) is 3.11. The monoisotopic (exact) mass is 456 g/mol. The molecule has 2 heterocycles. The van der Waals surface area contributed by atoms with E-state index in [1.807, 2.05) is 0 Å². The van der Waals surface area contributed by atoms with Gasteiger partial charge in [0.15, 0.2) is 5.82 Å². The maximum absolute atomic E-state index is 14.8. The summed E-state index contributed by atoms with van der Waals surface area (Å²) in [5.41, 5.74) is 0.850. The Morgan fingerprint density at radius 2 is 1.94 bits per heavy atom. The second kappa shape index (κ2) is 10.5. The summed E-state index contributed by atoms with van der Waals surface area (Å²) >= 11 is 0. The fourth-order valence-electron chi connectivity index (χ4n) is 3.69. The molecule has 1 fully saturated rings. The summed E-state index contributed by atoms with van der Waals surface area (Å²) in [6.45, 7) is 6.16. The average molecular weight is 456 g/mol. The first-order chi connectivity index (χ1) is 16.0. The maximum Gasteiger partial charge on any atom is 0.258 e. The Kier molecular flexibility index (Phi) is 7.31. The van der Waals surface area contributed by atoms with Crippen LogP contribution < -0.4 is 15.6 Å². The predicted molar refractivity (Wildman–Crippen MR) is 121 cm³/mol. The van der Waals surface area contributed by atoms with E-state index in [2.05, 4.69) is 15.2 Å². The van der Waals surface area contributed by atoms with Crippen molar-refractivity contribution in [3.05, 3.63) is 82.0 Å². The molecule has 0 aliphatic carbocycles. The van der Waals surface area contributed by atoms with Gasteiger partial charge in [-0.25, -0.2) is 13.8 Å². The van der Waals surface area contributed by atoms with Crippen molar-refractivity contribution in [2.45, 2.75) is 13.5 Å². The standard InChI is InChI=1S/C24H26F2N4O3/c1-17-13-24(31)30(23(28-17)16-33-20-4-2-3-18(25)14-20)19-5-6-22(21(26)15-19)27-7-8-29-9-11-32-12-10-29/h2-6,13-15,27H,7-12,16H2,1H3. The molecule has 2 aromatic carbocycles. The molecule has 1 aliphatic rings. The third kappa shape index (κ3) is 5.94. The van der Waals surface area contributed by atoms with E-state index in [9.17, 15) is 13.6 Å². The number of benzene rings is 2. The van der Waals surface area contributed by atoms with Gasteiger partial charge in [-0.05, 0) is 31.2 Å². The molecule has 0 atom stereocenters. The topological polar surface area (TPSA) is 68.6 Å². The number of hydrogen-bond donors (Lipinski definition) is 1. The number of nitrogens with one attached hydrogen (secondary N) is 1. The summed E-state index contributed by atoms with van der Waals surface area (Å²) in [5.74, 6) is -0.306. The van der Waals surface area contributed by atoms with Crippen molar-refractivity contribution < 1.29 is 18.3 Å². The van der Waals surface area contributed by atoms with Crippen molar-refractivity contribution in [1.29, 1.82) is 0 Å². The fraction of sp³-hybridized carbons (Fsp3) is 0.333. The number of anilines is 1. The van der Waals surface area contributed by atoms with E-state index in [-0.39, 0.29) is 18.0 Å². The van der Waals surface area contributed by atoms with Gasteiger partial charge in [-0.1, -0.05) is 6.07 Å². The number of nitrogens with zero attached hydrogens (tertiary/aromatic N) is 3. The first kappa shape index (κ1) is 22.9. The minimum atomic E-state index is -0.473. The van der Waals surface area contributed by atoms with E-state index >= 15 is 0 Å². The quantitative estimate of drug-likeness (QED) is 0.562. The third-order valence-corrected chi connectivity index (χ3v) is 5.34. The van der Waals surface area contributed by atoms with E-state index in [1.54, 1.807) is 25.1 Å². The van der Waals surface area contributed by atoms with Crippen molar-refractivity contribution in [3.63, 3.8) is 0 Å². The molecule has 0 unspecified atom stereocenters.